The number of fused-ring (bicyclic) bond motifs is 2. The zero-order valence-corrected chi connectivity index (χ0v) is 19.0. The van der Waals surface area contributed by atoms with Gasteiger partial charge in [-0.1, -0.05) is 38.6 Å². The molecule has 0 radical (unpaired) electrons. The summed E-state index contributed by atoms with van der Waals surface area (Å²) in [6, 6.07) is 4.42. The highest BCUT2D eigenvalue weighted by Gasteiger charge is 2.59. The molecule has 1 spiro atoms. The standard InChI is InChI=1S/C23H29N3O3Si/c1-14(16-6-7-16)19(20(24)27)26-21(28)23(25-22(26)29)11-9-17-13-15(5-8-18(17)23)10-12-30(2,3)4/h5,8,13-14,16,19H,6-7,9,11H2,1-4H3,(H2,24,27)(H,25,29)/t14-,19?,23-/m0/s1. The maximum atomic E-state index is 13.6. The highest BCUT2D eigenvalue weighted by molar-refractivity contribution is 6.83. The van der Waals surface area contributed by atoms with Gasteiger partial charge < -0.3 is 11.1 Å². The molecule has 3 aliphatic rings. The molecule has 1 heterocycles. The van der Waals surface area contributed by atoms with E-state index in [9.17, 15) is 14.4 Å². The minimum atomic E-state index is -1.49. The normalized spacial score (nSPS) is 24.9. The summed E-state index contributed by atoms with van der Waals surface area (Å²) in [5.74, 6) is 2.48. The number of rotatable bonds is 4. The van der Waals surface area contributed by atoms with Crippen LogP contribution in [0.2, 0.25) is 19.6 Å². The fourth-order valence-corrected chi connectivity index (χ4v) is 5.23. The van der Waals surface area contributed by atoms with Crippen LogP contribution in [0.1, 0.15) is 42.9 Å². The van der Waals surface area contributed by atoms with Gasteiger partial charge in [0.1, 0.15) is 19.7 Å². The maximum absolute atomic E-state index is 13.6. The fourth-order valence-electron chi connectivity index (χ4n) is 4.71. The molecule has 6 nitrogen and oxygen atoms in total. The van der Waals surface area contributed by atoms with Crippen LogP contribution >= 0.6 is 0 Å². The summed E-state index contributed by atoms with van der Waals surface area (Å²) in [6.07, 6.45) is 3.17. The number of carbonyl (C=O) groups is 3. The molecule has 1 aromatic carbocycles. The van der Waals surface area contributed by atoms with E-state index in [1.807, 2.05) is 25.1 Å². The van der Waals surface area contributed by atoms with Crippen LogP contribution in [-0.4, -0.2) is 36.9 Å². The molecule has 0 aromatic heterocycles. The van der Waals surface area contributed by atoms with Crippen molar-refractivity contribution in [3.63, 3.8) is 0 Å². The number of hydrogen-bond acceptors (Lipinski definition) is 3. The minimum absolute atomic E-state index is 0.132. The molecular formula is C23H29N3O3Si. The highest BCUT2D eigenvalue weighted by Crippen LogP contribution is 2.45. The van der Waals surface area contributed by atoms with Crippen LogP contribution in [0.4, 0.5) is 4.79 Å². The summed E-state index contributed by atoms with van der Waals surface area (Å²) in [7, 11) is -1.49. The Morgan fingerprint density at radius 2 is 2.00 bits per heavy atom. The number of carbonyl (C=O) groups excluding carboxylic acids is 3. The molecule has 1 aliphatic heterocycles. The SMILES string of the molecule is C[C@@H](C1CC1)C(C(N)=O)N1C(=O)N[C@]2(CCc3cc(C#C[Si](C)(C)C)ccc32)C1=O. The number of nitrogens with two attached hydrogens (primary N) is 1. The lowest BCUT2D eigenvalue weighted by Crippen LogP contribution is -2.53. The molecule has 1 aromatic rings. The Labute approximate surface area is 178 Å². The number of primary amides is 1. The number of hydrogen-bond donors (Lipinski definition) is 2. The number of aryl methyl sites for hydroxylation is 1. The highest BCUT2D eigenvalue weighted by atomic mass is 28.3. The van der Waals surface area contributed by atoms with Crippen molar-refractivity contribution in [1.82, 2.24) is 10.2 Å². The van der Waals surface area contributed by atoms with Gasteiger partial charge >= 0.3 is 6.03 Å². The molecule has 158 valence electrons. The fraction of sp³-hybridized carbons (Fsp3) is 0.522. The summed E-state index contributed by atoms with van der Waals surface area (Å²) < 4.78 is 0. The predicted molar refractivity (Wildman–Crippen MR) is 117 cm³/mol. The topological polar surface area (TPSA) is 92.5 Å². The molecule has 4 amide bonds. The minimum Gasteiger partial charge on any atom is -0.368 e. The monoisotopic (exact) mass is 423 g/mol. The predicted octanol–water partition coefficient (Wildman–Crippen LogP) is 2.51. The van der Waals surface area contributed by atoms with Crippen molar-refractivity contribution in [1.29, 1.82) is 0 Å². The number of nitrogens with zero attached hydrogens (tertiary/aromatic N) is 1. The quantitative estimate of drug-likeness (QED) is 0.443. The first-order valence-corrected chi connectivity index (χ1v) is 14.2. The van der Waals surface area contributed by atoms with Crippen LogP contribution in [0.15, 0.2) is 18.2 Å². The zero-order valence-electron chi connectivity index (χ0n) is 18.0. The zero-order chi connectivity index (χ0) is 21.8. The van der Waals surface area contributed by atoms with Crippen LogP contribution in [-0.2, 0) is 21.5 Å². The number of imide groups is 1. The van der Waals surface area contributed by atoms with Gasteiger partial charge in [-0.3, -0.25) is 9.59 Å². The van der Waals surface area contributed by atoms with Gasteiger partial charge in [0.15, 0.2) is 0 Å². The molecule has 1 saturated heterocycles. The molecular weight excluding hydrogens is 394 g/mol. The van der Waals surface area contributed by atoms with Crippen LogP contribution in [0, 0.1) is 23.3 Å². The van der Waals surface area contributed by atoms with Gasteiger partial charge in [-0.25, -0.2) is 9.69 Å². The molecule has 2 fully saturated rings. The lowest BCUT2D eigenvalue weighted by Gasteiger charge is -2.29. The summed E-state index contributed by atoms with van der Waals surface area (Å²) in [5, 5.41) is 2.91. The van der Waals surface area contributed by atoms with Crippen molar-refractivity contribution < 1.29 is 14.4 Å². The molecule has 2 aliphatic carbocycles. The second-order valence-corrected chi connectivity index (χ2v) is 14.7. The van der Waals surface area contributed by atoms with Crippen molar-refractivity contribution in [2.24, 2.45) is 17.6 Å². The molecule has 1 unspecified atom stereocenters. The van der Waals surface area contributed by atoms with Crippen molar-refractivity contribution in [3.8, 4) is 11.5 Å². The second-order valence-electron chi connectivity index (χ2n) is 9.93. The lowest BCUT2D eigenvalue weighted by molar-refractivity contribution is -0.139. The van der Waals surface area contributed by atoms with Gasteiger partial charge in [0, 0.05) is 5.56 Å². The third-order valence-corrected chi connectivity index (χ3v) is 7.35. The number of urea groups is 1. The second kappa shape index (κ2) is 6.98. The third-order valence-electron chi connectivity index (χ3n) is 6.47. The molecule has 1 saturated carbocycles. The Balaban J connectivity index is 1.67. The first-order chi connectivity index (χ1) is 14.0. The molecule has 0 bridgehead atoms. The van der Waals surface area contributed by atoms with Crippen LogP contribution in [0.5, 0.6) is 0 Å². The Kier molecular flexibility index (Phi) is 4.81. The Hall–Kier alpha value is -2.59. The van der Waals surface area contributed by atoms with Crippen molar-refractivity contribution in [2.45, 2.75) is 63.8 Å². The van der Waals surface area contributed by atoms with Gasteiger partial charge in [0.2, 0.25) is 5.91 Å². The van der Waals surface area contributed by atoms with Crippen molar-refractivity contribution in [2.75, 3.05) is 0 Å². The van der Waals surface area contributed by atoms with Gasteiger partial charge in [-0.2, -0.15) is 0 Å². The first-order valence-electron chi connectivity index (χ1n) is 10.7. The number of amides is 4. The molecule has 3 N–H and O–H groups in total. The van der Waals surface area contributed by atoms with E-state index in [2.05, 4.69) is 36.4 Å². The average Bonchev–Trinajstić information content (AvgIpc) is 3.41. The summed E-state index contributed by atoms with van der Waals surface area (Å²) in [4.78, 5) is 39.8. The molecule has 7 heteroatoms. The summed E-state index contributed by atoms with van der Waals surface area (Å²) >= 11 is 0. The Bertz CT molecular complexity index is 999. The summed E-state index contributed by atoms with van der Waals surface area (Å²) in [6.45, 7) is 8.50. The smallest absolute Gasteiger partial charge is 0.326 e. The lowest BCUT2D eigenvalue weighted by atomic mass is 9.89. The van der Waals surface area contributed by atoms with E-state index in [0.29, 0.717) is 18.8 Å². The van der Waals surface area contributed by atoms with E-state index in [0.717, 1.165) is 34.4 Å². The Morgan fingerprint density at radius 1 is 1.30 bits per heavy atom. The number of benzene rings is 1. The Morgan fingerprint density at radius 3 is 2.60 bits per heavy atom. The largest absolute Gasteiger partial charge is 0.368 e. The van der Waals surface area contributed by atoms with E-state index >= 15 is 0 Å². The van der Waals surface area contributed by atoms with Crippen LogP contribution in [0.3, 0.4) is 0 Å². The van der Waals surface area contributed by atoms with Crippen LogP contribution in [0.25, 0.3) is 0 Å². The average molecular weight is 424 g/mol. The van der Waals surface area contributed by atoms with Gasteiger partial charge in [-0.15, -0.1) is 5.54 Å². The van der Waals surface area contributed by atoms with E-state index < -0.39 is 31.6 Å². The van der Waals surface area contributed by atoms with Crippen molar-refractivity contribution >= 4 is 25.9 Å². The molecule has 30 heavy (non-hydrogen) atoms. The number of nitrogens with one attached hydrogen (secondary N) is 1. The molecule has 3 atom stereocenters. The van der Waals surface area contributed by atoms with Gasteiger partial charge in [-0.05, 0) is 60.8 Å². The van der Waals surface area contributed by atoms with Crippen molar-refractivity contribution in [3.05, 3.63) is 34.9 Å². The van der Waals surface area contributed by atoms with E-state index in [1.54, 1.807) is 0 Å². The van der Waals surface area contributed by atoms with E-state index in [-0.39, 0.29) is 11.8 Å². The van der Waals surface area contributed by atoms with E-state index in [1.165, 1.54) is 0 Å². The van der Waals surface area contributed by atoms with Gasteiger partial charge in [0.05, 0.1) is 0 Å². The summed E-state index contributed by atoms with van der Waals surface area (Å²) in [5.41, 5.74) is 10.7. The first kappa shape index (κ1) is 20.7. The third kappa shape index (κ3) is 3.43. The molecule has 4 rings (SSSR count). The maximum Gasteiger partial charge on any atom is 0.326 e. The van der Waals surface area contributed by atoms with E-state index in [4.69, 9.17) is 5.73 Å². The van der Waals surface area contributed by atoms with Crippen LogP contribution < -0.4 is 11.1 Å². The van der Waals surface area contributed by atoms with Gasteiger partial charge in [0.25, 0.3) is 5.91 Å².